The van der Waals surface area contributed by atoms with Crippen molar-refractivity contribution in [2.75, 3.05) is 0 Å². The fourth-order valence-electron chi connectivity index (χ4n) is 3.69. The first-order valence-electron chi connectivity index (χ1n) is 6.59. The number of carbonyl (C=O) groups is 2. The second-order valence-electron chi connectivity index (χ2n) is 6.00. The van der Waals surface area contributed by atoms with Gasteiger partial charge >= 0.3 is 5.97 Å². The summed E-state index contributed by atoms with van der Waals surface area (Å²) in [5.41, 5.74) is 1.71. The molecule has 1 saturated carbocycles. The molecule has 0 aromatic rings. The zero-order valence-corrected chi connectivity index (χ0v) is 11.0. The highest BCUT2D eigenvalue weighted by atomic mass is 16.6. The fourth-order valence-corrected chi connectivity index (χ4v) is 3.69. The van der Waals surface area contributed by atoms with Crippen molar-refractivity contribution in [3.05, 3.63) is 23.3 Å². The second-order valence-corrected chi connectivity index (χ2v) is 6.00. The maximum atomic E-state index is 11.9. The van der Waals surface area contributed by atoms with E-state index in [0.717, 1.165) is 24.0 Å². The zero-order valence-electron chi connectivity index (χ0n) is 11.0. The van der Waals surface area contributed by atoms with Gasteiger partial charge in [0.1, 0.15) is 6.10 Å². The van der Waals surface area contributed by atoms with Gasteiger partial charge in [0.15, 0.2) is 5.78 Å². The fraction of sp³-hybridized carbons (Fsp3) is 0.600. The molecular weight excluding hydrogens is 228 g/mol. The monoisotopic (exact) mass is 246 g/mol. The lowest BCUT2D eigenvalue weighted by atomic mass is 9.62. The van der Waals surface area contributed by atoms with Gasteiger partial charge in [0.2, 0.25) is 0 Å². The summed E-state index contributed by atoms with van der Waals surface area (Å²) >= 11 is 0. The molecule has 0 spiro atoms. The molecule has 3 rings (SSSR count). The largest absolute Gasteiger partial charge is 0.457 e. The van der Waals surface area contributed by atoms with Crippen LogP contribution >= 0.6 is 0 Å². The van der Waals surface area contributed by atoms with Crippen LogP contribution in [0.1, 0.15) is 33.6 Å². The minimum Gasteiger partial charge on any atom is -0.457 e. The molecule has 0 radical (unpaired) electrons. The normalized spacial score (nSPS) is 42.7. The van der Waals surface area contributed by atoms with Gasteiger partial charge in [-0.1, -0.05) is 19.9 Å². The van der Waals surface area contributed by atoms with Gasteiger partial charge in [-0.05, 0) is 31.4 Å². The molecule has 2 fully saturated rings. The molecule has 3 heteroatoms. The van der Waals surface area contributed by atoms with Gasteiger partial charge in [-0.3, -0.25) is 9.59 Å². The highest BCUT2D eigenvalue weighted by Gasteiger charge is 2.52. The van der Waals surface area contributed by atoms with Crippen molar-refractivity contribution < 1.29 is 14.3 Å². The molecule has 0 aromatic heterocycles. The Bertz CT molecular complexity index is 500. The van der Waals surface area contributed by atoms with Crippen molar-refractivity contribution in [3.63, 3.8) is 0 Å². The van der Waals surface area contributed by atoms with E-state index in [-0.39, 0.29) is 35.1 Å². The van der Waals surface area contributed by atoms with Gasteiger partial charge in [-0.25, -0.2) is 0 Å². The average molecular weight is 246 g/mol. The third-order valence-corrected chi connectivity index (χ3v) is 4.92. The molecule has 0 aromatic carbocycles. The number of allylic oxidation sites excluding steroid dienone is 3. The number of rotatable bonds is 0. The van der Waals surface area contributed by atoms with Crippen molar-refractivity contribution >= 4 is 11.8 Å². The van der Waals surface area contributed by atoms with E-state index >= 15 is 0 Å². The lowest BCUT2D eigenvalue weighted by molar-refractivity contribution is -0.143. The Hall–Kier alpha value is -1.38. The molecule has 0 amide bonds. The van der Waals surface area contributed by atoms with Crippen LogP contribution in [0.15, 0.2) is 23.3 Å². The number of fused-ring (bicyclic) bond motifs is 3. The maximum absolute atomic E-state index is 11.9. The Morgan fingerprint density at radius 2 is 2.11 bits per heavy atom. The average Bonchev–Trinajstić information content (AvgIpc) is 2.60. The topological polar surface area (TPSA) is 43.4 Å². The van der Waals surface area contributed by atoms with Crippen molar-refractivity contribution in [2.45, 2.75) is 39.7 Å². The van der Waals surface area contributed by atoms with Crippen LogP contribution in [0.3, 0.4) is 0 Å². The van der Waals surface area contributed by atoms with Crippen LogP contribution in [-0.2, 0) is 14.3 Å². The summed E-state index contributed by atoms with van der Waals surface area (Å²) in [6, 6.07) is 0. The van der Waals surface area contributed by atoms with Gasteiger partial charge < -0.3 is 4.74 Å². The van der Waals surface area contributed by atoms with E-state index in [1.54, 1.807) is 6.08 Å². The molecule has 1 heterocycles. The van der Waals surface area contributed by atoms with Crippen LogP contribution < -0.4 is 0 Å². The summed E-state index contributed by atoms with van der Waals surface area (Å²) in [5, 5.41) is 0. The number of carbonyl (C=O) groups excluding carboxylic acids is 2. The maximum Gasteiger partial charge on any atom is 0.309 e. The molecule has 2 unspecified atom stereocenters. The summed E-state index contributed by atoms with van der Waals surface area (Å²) in [6.45, 7) is 5.94. The molecule has 2 aliphatic carbocycles. The summed E-state index contributed by atoms with van der Waals surface area (Å²) < 4.78 is 5.55. The lowest BCUT2D eigenvalue weighted by Crippen LogP contribution is -2.39. The minimum absolute atomic E-state index is 0.0409. The van der Waals surface area contributed by atoms with Crippen LogP contribution in [0.5, 0.6) is 0 Å². The van der Waals surface area contributed by atoms with E-state index in [2.05, 4.69) is 6.92 Å². The molecule has 96 valence electrons. The molecule has 3 aliphatic rings. The van der Waals surface area contributed by atoms with E-state index < -0.39 is 0 Å². The number of hydrogen-bond donors (Lipinski definition) is 0. The quantitative estimate of drug-likeness (QED) is 0.616. The van der Waals surface area contributed by atoms with Gasteiger partial charge in [0.25, 0.3) is 0 Å². The Kier molecular flexibility index (Phi) is 2.31. The Morgan fingerprint density at radius 3 is 2.83 bits per heavy atom. The highest BCUT2D eigenvalue weighted by Crippen LogP contribution is 2.52. The van der Waals surface area contributed by atoms with Crippen LogP contribution in [-0.4, -0.2) is 17.9 Å². The van der Waals surface area contributed by atoms with Gasteiger partial charge in [-0.15, -0.1) is 0 Å². The Labute approximate surface area is 107 Å². The predicted octanol–water partition coefficient (Wildman–Crippen LogP) is 2.42. The van der Waals surface area contributed by atoms with Crippen LogP contribution in [0.4, 0.5) is 0 Å². The summed E-state index contributed by atoms with van der Waals surface area (Å²) in [4.78, 5) is 23.6. The first-order chi connectivity index (χ1) is 8.44. The molecular formula is C15H18O3. The molecule has 1 saturated heterocycles. The van der Waals surface area contributed by atoms with Gasteiger partial charge in [0, 0.05) is 16.9 Å². The second kappa shape index (κ2) is 3.56. The molecule has 0 N–H and O–H groups in total. The molecule has 1 aliphatic heterocycles. The predicted molar refractivity (Wildman–Crippen MR) is 66.7 cm³/mol. The Morgan fingerprint density at radius 1 is 1.39 bits per heavy atom. The molecule has 4 atom stereocenters. The van der Waals surface area contributed by atoms with E-state index in [1.807, 2.05) is 19.9 Å². The Balaban J connectivity index is 2.10. The number of ether oxygens (including phenoxy) is 1. The van der Waals surface area contributed by atoms with Gasteiger partial charge in [-0.2, -0.15) is 0 Å². The summed E-state index contributed by atoms with van der Waals surface area (Å²) in [7, 11) is 0. The molecule has 18 heavy (non-hydrogen) atoms. The minimum atomic E-state index is -0.180. The summed E-state index contributed by atoms with van der Waals surface area (Å²) in [5.74, 6) is 0.144. The van der Waals surface area contributed by atoms with Crippen molar-refractivity contribution in [1.29, 1.82) is 0 Å². The summed E-state index contributed by atoms with van der Waals surface area (Å²) in [6.07, 6.45) is 5.46. The van der Waals surface area contributed by atoms with Crippen LogP contribution in [0.2, 0.25) is 0 Å². The van der Waals surface area contributed by atoms with Crippen molar-refractivity contribution in [2.24, 2.45) is 17.3 Å². The lowest BCUT2D eigenvalue weighted by Gasteiger charge is -2.42. The first kappa shape index (κ1) is 11.7. The SMILES string of the molecule is CC1=C2C3OC(=O)[C@@H](C)[C@H]3CCC2(C)C=CC1=O. The van der Waals surface area contributed by atoms with Crippen molar-refractivity contribution in [1.82, 2.24) is 0 Å². The molecule has 0 bridgehead atoms. The van der Waals surface area contributed by atoms with E-state index in [1.165, 1.54) is 0 Å². The highest BCUT2D eigenvalue weighted by molar-refractivity contribution is 6.05. The van der Waals surface area contributed by atoms with E-state index in [0.29, 0.717) is 0 Å². The van der Waals surface area contributed by atoms with E-state index in [4.69, 9.17) is 4.74 Å². The first-order valence-corrected chi connectivity index (χ1v) is 6.59. The van der Waals surface area contributed by atoms with Crippen molar-refractivity contribution in [3.8, 4) is 0 Å². The van der Waals surface area contributed by atoms with Gasteiger partial charge in [0.05, 0.1) is 5.92 Å². The standard InChI is InChI=1S/C15H18O3/c1-8-10-4-6-15(3)7-5-11(16)9(2)12(15)13(10)18-14(8)17/h5,7-8,10,13H,4,6H2,1-3H3/t8-,10+,13?,15?/m0/s1. The molecule has 3 nitrogen and oxygen atoms in total. The number of ketones is 1. The van der Waals surface area contributed by atoms with E-state index in [9.17, 15) is 9.59 Å². The number of esters is 1. The third-order valence-electron chi connectivity index (χ3n) is 4.92. The third kappa shape index (κ3) is 1.36. The number of hydrogen-bond acceptors (Lipinski definition) is 3. The smallest absolute Gasteiger partial charge is 0.309 e. The zero-order chi connectivity index (χ0) is 13.1. The van der Waals surface area contributed by atoms with Crippen LogP contribution in [0, 0.1) is 17.3 Å². The van der Waals surface area contributed by atoms with Crippen LogP contribution in [0.25, 0.3) is 0 Å².